The van der Waals surface area contributed by atoms with Crippen LogP contribution in [-0.2, 0) is 4.79 Å². The fraction of sp³-hybridized carbons (Fsp3) is 0.462. The summed E-state index contributed by atoms with van der Waals surface area (Å²) in [6.07, 6.45) is 0.198. The molecule has 1 unspecified atom stereocenters. The summed E-state index contributed by atoms with van der Waals surface area (Å²) in [6, 6.07) is 2.95. The van der Waals surface area contributed by atoms with Crippen molar-refractivity contribution in [3.63, 3.8) is 0 Å². The van der Waals surface area contributed by atoms with E-state index in [0.29, 0.717) is 6.54 Å². The van der Waals surface area contributed by atoms with Gasteiger partial charge in [0.05, 0.1) is 17.1 Å². The van der Waals surface area contributed by atoms with E-state index in [1.165, 1.54) is 0 Å². The molecule has 0 spiro atoms. The molecule has 1 aromatic rings. The number of primary amides is 1. The predicted molar refractivity (Wildman–Crippen MR) is 74.4 cm³/mol. The van der Waals surface area contributed by atoms with Crippen molar-refractivity contribution in [2.75, 3.05) is 13.2 Å². The Hall–Kier alpha value is -2.22. The molecule has 1 amide bonds. The van der Waals surface area contributed by atoms with E-state index in [1.807, 2.05) is 6.92 Å². The molecule has 1 atom stereocenters. The second-order valence-electron chi connectivity index (χ2n) is 4.69. The lowest BCUT2D eigenvalue weighted by atomic mass is 9.97. The number of carbonyl (C=O) groups excluding carboxylic acids is 1. The third-order valence-electron chi connectivity index (χ3n) is 3.09. The molecule has 7 nitrogen and oxygen atoms in total. The SMILES string of the molecule is CCNC(C)(CCOc1cc(F)ccc1[N+](=O)[O-])C(N)=O. The number of hydrogen-bond donors (Lipinski definition) is 2. The van der Waals surface area contributed by atoms with E-state index in [0.717, 1.165) is 18.2 Å². The van der Waals surface area contributed by atoms with Crippen molar-refractivity contribution in [3.05, 3.63) is 34.1 Å². The van der Waals surface area contributed by atoms with Crippen LogP contribution in [0.2, 0.25) is 0 Å². The molecular formula is C13H18FN3O4. The van der Waals surface area contributed by atoms with Crippen LogP contribution in [0.25, 0.3) is 0 Å². The third kappa shape index (κ3) is 4.38. The number of rotatable bonds is 8. The maximum Gasteiger partial charge on any atom is 0.311 e. The molecule has 0 bridgehead atoms. The maximum absolute atomic E-state index is 13.1. The zero-order valence-electron chi connectivity index (χ0n) is 11.9. The quantitative estimate of drug-likeness (QED) is 0.556. The molecule has 1 aromatic carbocycles. The van der Waals surface area contributed by atoms with Gasteiger partial charge < -0.3 is 15.8 Å². The van der Waals surface area contributed by atoms with Gasteiger partial charge in [0.25, 0.3) is 0 Å². The predicted octanol–water partition coefficient (Wildman–Crippen LogP) is 1.36. The number of halogens is 1. The van der Waals surface area contributed by atoms with Crippen molar-refractivity contribution in [2.45, 2.75) is 25.8 Å². The van der Waals surface area contributed by atoms with Gasteiger partial charge in [0.15, 0.2) is 5.75 Å². The highest BCUT2D eigenvalue weighted by Gasteiger charge is 2.30. The Kier molecular flexibility index (Phi) is 5.60. The summed E-state index contributed by atoms with van der Waals surface area (Å²) in [5.74, 6) is -1.37. The van der Waals surface area contributed by atoms with Crippen LogP contribution in [0.15, 0.2) is 18.2 Å². The van der Waals surface area contributed by atoms with Gasteiger partial charge in [0.1, 0.15) is 5.82 Å². The Labute approximate surface area is 121 Å². The van der Waals surface area contributed by atoms with Crippen molar-refractivity contribution < 1.29 is 18.8 Å². The van der Waals surface area contributed by atoms with Crippen molar-refractivity contribution in [2.24, 2.45) is 5.73 Å². The van der Waals surface area contributed by atoms with Crippen molar-refractivity contribution in [3.8, 4) is 5.75 Å². The molecule has 0 aliphatic heterocycles. The van der Waals surface area contributed by atoms with E-state index in [4.69, 9.17) is 10.5 Å². The van der Waals surface area contributed by atoms with Gasteiger partial charge in [-0.2, -0.15) is 0 Å². The lowest BCUT2D eigenvalue weighted by Gasteiger charge is -2.26. The van der Waals surface area contributed by atoms with Gasteiger partial charge in [-0.1, -0.05) is 6.92 Å². The third-order valence-corrected chi connectivity index (χ3v) is 3.09. The first kappa shape index (κ1) is 16.8. The first-order valence-electron chi connectivity index (χ1n) is 6.42. The highest BCUT2D eigenvalue weighted by atomic mass is 19.1. The first-order valence-corrected chi connectivity index (χ1v) is 6.42. The minimum Gasteiger partial charge on any atom is -0.487 e. The average molecular weight is 299 g/mol. The Bertz CT molecular complexity index is 538. The normalized spacial score (nSPS) is 13.5. The molecule has 0 saturated carbocycles. The van der Waals surface area contributed by atoms with E-state index in [2.05, 4.69) is 5.32 Å². The van der Waals surface area contributed by atoms with E-state index in [9.17, 15) is 19.3 Å². The number of nitrogens with zero attached hydrogens (tertiary/aromatic N) is 1. The highest BCUT2D eigenvalue weighted by Crippen LogP contribution is 2.27. The average Bonchev–Trinajstić information content (AvgIpc) is 2.38. The molecule has 0 aliphatic rings. The van der Waals surface area contributed by atoms with Crippen LogP contribution in [0.1, 0.15) is 20.3 Å². The van der Waals surface area contributed by atoms with E-state index in [1.54, 1.807) is 6.92 Å². The van der Waals surface area contributed by atoms with E-state index < -0.39 is 22.2 Å². The number of nitro benzene ring substituents is 1. The summed E-state index contributed by atoms with van der Waals surface area (Å²) >= 11 is 0. The topological polar surface area (TPSA) is 107 Å². The summed E-state index contributed by atoms with van der Waals surface area (Å²) in [4.78, 5) is 21.6. The van der Waals surface area contributed by atoms with Gasteiger partial charge in [-0.3, -0.25) is 14.9 Å². The summed E-state index contributed by atoms with van der Waals surface area (Å²) in [5, 5.41) is 13.8. The van der Waals surface area contributed by atoms with E-state index in [-0.39, 0.29) is 24.5 Å². The Morgan fingerprint density at radius 3 is 2.76 bits per heavy atom. The number of nitrogens with two attached hydrogens (primary N) is 1. The fourth-order valence-electron chi connectivity index (χ4n) is 1.81. The number of ether oxygens (including phenoxy) is 1. The molecule has 0 aromatic heterocycles. The minimum absolute atomic E-state index is 0.0171. The Morgan fingerprint density at radius 1 is 1.57 bits per heavy atom. The molecule has 8 heteroatoms. The van der Waals surface area contributed by atoms with Crippen molar-refractivity contribution >= 4 is 11.6 Å². The number of amides is 1. The molecule has 0 radical (unpaired) electrons. The van der Waals surface area contributed by atoms with Crippen LogP contribution in [-0.4, -0.2) is 29.5 Å². The van der Waals surface area contributed by atoms with Gasteiger partial charge in [0.2, 0.25) is 5.91 Å². The minimum atomic E-state index is -0.989. The second kappa shape index (κ2) is 6.98. The number of carbonyl (C=O) groups is 1. The van der Waals surface area contributed by atoms with Crippen molar-refractivity contribution in [1.29, 1.82) is 0 Å². The van der Waals surface area contributed by atoms with Gasteiger partial charge in [-0.15, -0.1) is 0 Å². The van der Waals surface area contributed by atoms with Crippen LogP contribution >= 0.6 is 0 Å². The van der Waals surface area contributed by atoms with Gasteiger partial charge in [-0.25, -0.2) is 4.39 Å². The molecule has 116 valence electrons. The molecule has 3 N–H and O–H groups in total. The zero-order chi connectivity index (χ0) is 16.0. The second-order valence-corrected chi connectivity index (χ2v) is 4.69. The van der Waals surface area contributed by atoms with Crippen LogP contribution in [0.3, 0.4) is 0 Å². The van der Waals surface area contributed by atoms with Gasteiger partial charge in [0, 0.05) is 18.6 Å². The van der Waals surface area contributed by atoms with Crippen LogP contribution in [0.5, 0.6) is 5.75 Å². The first-order chi connectivity index (χ1) is 9.80. The van der Waals surface area contributed by atoms with Gasteiger partial charge in [-0.05, 0) is 19.5 Å². The summed E-state index contributed by atoms with van der Waals surface area (Å²) in [7, 11) is 0. The maximum atomic E-state index is 13.1. The molecule has 0 aliphatic carbocycles. The standard InChI is InChI=1S/C13H18FN3O4/c1-3-16-13(2,12(15)18)6-7-21-11-8-9(14)4-5-10(11)17(19)20/h4-5,8,16H,3,6-7H2,1-2H3,(H2,15,18). The Morgan fingerprint density at radius 2 is 2.24 bits per heavy atom. The highest BCUT2D eigenvalue weighted by molar-refractivity contribution is 5.84. The Balaban J connectivity index is 2.77. The molecular weight excluding hydrogens is 281 g/mol. The summed E-state index contributed by atoms with van der Waals surface area (Å²) < 4.78 is 18.4. The molecule has 21 heavy (non-hydrogen) atoms. The zero-order valence-corrected chi connectivity index (χ0v) is 11.9. The van der Waals surface area contributed by atoms with Crippen LogP contribution in [0, 0.1) is 15.9 Å². The van der Waals surface area contributed by atoms with E-state index >= 15 is 0 Å². The molecule has 0 saturated heterocycles. The number of nitrogens with one attached hydrogen (secondary N) is 1. The molecule has 0 heterocycles. The van der Waals surface area contributed by atoms with Gasteiger partial charge >= 0.3 is 5.69 Å². The van der Waals surface area contributed by atoms with Crippen molar-refractivity contribution in [1.82, 2.24) is 5.32 Å². The lowest BCUT2D eigenvalue weighted by Crippen LogP contribution is -2.53. The van der Waals surface area contributed by atoms with Crippen LogP contribution in [0.4, 0.5) is 10.1 Å². The summed E-state index contributed by atoms with van der Waals surface area (Å²) in [5.41, 5.74) is 3.99. The largest absolute Gasteiger partial charge is 0.487 e. The number of benzene rings is 1. The fourth-order valence-corrected chi connectivity index (χ4v) is 1.81. The number of likely N-dealkylation sites (N-methyl/N-ethyl adjacent to an activating group) is 1. The lowest BCUT2D eigenvalue weighted by molar-refractivity contribution is -0.385. The molecule has 0 fully saturated rings. The number of nitro groups is 1. The number of hydrogen-bond acceptors (Lipinski definition) is 5. The van der Waals surface area contributed by atoms with Crippen LogP contribution < -0.4 is 15.8 Å². The molecule has 1 rings (SSSR count). The summed E-state index contributed by atoms with van der Waals surface area (Å²) in [6.45, 7) is 3.94. The smallest absolute Gasteiger partial charge is 0.311 e. The monoisotopic (exact) mass is 299 g/mol.